The van der Waals surface area contributed by atoms with Crippen LogP contribution >= 0.6 is 0 Å². The Labute approximate surface area is 203 Å². The van der Waals surface area contributed by atoms with Gasteiger partial charge in [-0.15, -0.1) is 0 Å². The molecule has 33 heavy (non-hydrogen) atoms. The van der Waals surface area contributed by atoms with E-state index < -0.39 is 5.97 Å². The Bertz CT molecular complexity index is 548. The van der Waals surface area contributed by atoms with Crippen LogP contribution in [0, 0.1) is 0 Å². The number of carboxylic acids is 1. The number of hydrogen-bond donors (Lipinski definition) is 1. The van der Waals surface area contributed by atoms with Gasteiger partial charge < -0.3 is 9.84 Å². The Balaban J connectivity index is 3.62. The molecular weight excluding hydrogens is 412 g/mol. The van der Waals surface area contributed by atoms with Crippen molar-refractivity contribution in [2.24, 2.45) is 0 Å². The van der Waals surface area contributed by atoms with Gasteiger partial charge in [-0.3, -0.25) is 9.59 Å². The fraction of sp³-hybridized carbons (Fsp3) is 0.724. The summed E-state index contributed by atoms with van der Waals surface area (Å²) in [5.74, 6) is -0.906. The number of carbonyl (C=O) groups is 2. The first-order valence-electron chi connectivity index (χ1n) is 13.5. The highest BCUT2D eigenvalue weighted by molar-refractivity contribution is 5.69. The monoisotopic (exact) mass is 462 g/mol. The maximum Gasteiger partial charge on any atom is 0.306 e. The molecule has 0 saturated heterocycles. The quantitative estimate of drug-likeness (QED) is 0.0936. The molecule has 0 saturated carbocycles. The van der Waals surface area contributed by atoms with Crippen LogP contribution in [0.15, 0.2) is 36.5 Å². The number of allylic oxidation sites excluding steroid dienone is 6. The number of unbranched alkanes of at least 4 members (excludes halogenated alkanes) is 8. The topological polar surface area (TPSA) is 63.6 Å². The summed E-state index contributed by atoms with van der Waals surface area (Å²) in [6, 6.07) is 0. The fourth-order valence-corrected chi connectivity index (χ4v) is 3.66. The molecule has 0 bridgehead atoms. The van der Waals surface area contributed by atoms with E-state index in [4.69, 9.17) is 9.84 Å². The molecule has 4 heteroatoms. The largest absolute Gasteiger partial charge is 0.481 e. The normalized spacial score (nSPS) is 12.8. The van der Waals surface area contributed by atoms with Crippen molar-refractivity contribution in [2.75, 3.05) is 0 Å². The second-order valence-corrected chi connectivity index (χ2v) is 8.85. The maximum absolute atomic E-state index is 12.1. The van der Waals surface area contributed by atoms with Gasteiger partial charge in [-0.1, -0.05) is 95.2 Å². The molecular formula is C29H50O4. The van der Waals surface area contributed by atoms with E-state index in [1.165, 1.54) is 38.5 Å². The summed E-state index contributed by atoms with van der Waals surface area (Å²) >= 11 is 0. The fourth-order valence-electron chi connectivity index (χ4n) is 3.66. The number of hydrogen-bond acceptors (Lipinski definition) is 3. The summed E-state index contributed by atoms with van der Waals surface area (Å²) in [6.07, 6.45) is 30.6. The third-order valence-electron chi connectivity index (χ3n) is 5.63. The van der Waals surface area contributed by atoms with Crippen molar-refractivity contribution in [2.45, 2.75) is 136 Å². The number of rotatable bonds is 23. The Hall–Kier alpha value is -1.84. The highest BCUT2D eigenvalue weighted by Crippen LogP contribution is 2.15. The first kappa shape index (κ1) is 31.2. The Morgan fingerprint density at radius 2 is 1.27 bits per heavy atom. The van der Waals surface area contributed by atoms with E-state index in [9.17, 15) is 9.59 Å². The van der Waals surface area contributed by atoms with E-state index in [-0.39, 0.29) is 18.5 Å². The van der Waals surface area contributed by atoms with E-state index >= 15 is 0 Å². The molecule has 0 aromatic rings. The van der Waals surface area contributed by atoms with E-state index in [2.05, 4.69) is 50.3 Å². The molecule has 0 aliphatic carbocycles. The predicted molar refractivity (Wildman–Crippen MR) is 139 cm³/mol. The van der Waals surface area contributed by atoms with Crippen LogP contribution in [0.1, 0.15) is 129 Å². The molecule has 0 aliphatic heterocycles. The van der Waals surface area contributed by atoms with Crippen LogP contribution in [-0.2, 0) is 14.3 Å². The molecule has 4 nitrogen and oxygen atoms in total. The molecule has 0 rings (SSSR count). The van der Waals surface area contributed by atoms with Crippen molar-refractivity contribution in [3.8, 4) is 0 Å². The SMILES string of the molecule is CC/C=C\C/C=C\C/C=C\CCCCCCCCCC(=O)OC(CCCC)CCCC(=O)O. The lowest BCUT2D eigenvalue weighted by Gasteiger charge is -2.17. The summed E-state index contributed by atoms with van der Waals surface area (Å²) < 4.78 is 5.62. The molecule has 0 aromatic carbocycles. The standard InChI is InChI=1S/C29H50O4/c1-3-5-7-8-9-10-11-12-13-14-15-16-17-18-19-20-21-26-29(32)33-27(23-6-4-2)24-22-25-28(30)31/h5,7,9-10,12-13,27H,3-4,6,8,11,14-26H2,1-2H3,(H,30,31)/b7-5-,10-9-,13-12-. The number of ether oxygens (including phenoxy) is 1. The van der Waals surface area contributed by atoms with Gasteiger partial charge in [-0.25, -0.2) is 0 Å². The van der Waals surface area contributed by atoms with Crippen molar-refractivity contribution < 1.29 is 19.4 Å². The van der Waals surface area contributed by atoms with Gasteiger partial charge in [0, 0.05) is 12.8 Å². The van der Waals surface area contributed by atoms with Crippen molar-refractivity contribution in [1.82, 2.24) is 0 Å². The molecule has 1 N–H and O–H groups in total. The van der Waals surface area contributed by atoms with E-state index in [1.807, 2.05) is 0 Å². The van der Waals surface area contributed by atoms with Gasteiger partial charge in [0.1, 0.15) is 6.10 Å². The van der Waals surface area contributed by atoms with Gasteiger partial charge in [0.25, 0.3) is 0 Å². The van der Waals surface area contributed by atoms with Gasteiger partial charge in [-0.05, 0) is 57.8 Å². The molecule has 190 valence electrons. The average molecular weight is 463 g/mol. The molecule has 0 radical (unpaired) electrons. The summed E-state index contributed by atoms with van der Waals surface area (Å²) in [5, 5.41) is 8.78. The second kappa shape index (κ2) is 24.8. The average Bonchev–Trinajstić information content (AvgIpc) is 2.79. The van der Waals surface area contributed by atoms with Crippen molar-refractivity contribution in [3.05, 3.63) is 36.5 Å². The molecule has 0 fully saturated rings. The summed E-state index contributed by atoms with van der Waals surface area (Å²) in [7, 11) is 0. The van der Waals surface area contributed by atoms with Crippen LogP contribution in [0.4, 0.5) is 0 Å². The predicted octanol–water partition coefficient (Wildman–Crippen LogP) is 8.71. The van der Waals surface area contributed by atoms with Crippen LogP contribution in [0.3, 0.4) is 0 Å². The number of carbonyl (C=O) groups excluding carboxylic acids is 1. The molecule has 1 unspecified atom stereocenters. The van der Waals surface area contributed by atoms with E-state index in [0.29, 0.717) is 19.3 Å². The lowest BCUT2D eigenvalue weighted by molar-refractivity contribution is -0.150. The first-order valence-corrected chi connectivity index (χ1v) is 13.5. The first-order chi connectivity index (χ1) is 16.1. The van der Waals surface area contributed by atoms with Gasteiger partial charge in [-0.2, -0.15) is 0 Å². The minimum Gasteiger partial charge on any atom is -0.481 e. The van der Waals surface area contributed by atoms with Crippen molar-refractivity contribution in [1.29, 1.82) is 0 Å². The highest BCUT2D eigenvalue weighted by Gasteiger charge is 2.14. The molecule has 0 aliphatic rings. The molecule has 0 aromatic heterocycles. The Morgan fingerprint density at radius 3 is 1.91 bits per heavy atom. The minimum absolute atomic E-state index is 0.120. The van der Waals surface area contributed by atoms with Gasteiger partial charge >= 0.3 is 11.9 Å². The van der Waals surface area contributed by atoms with Crippen LogP contribution in [-0.4, -0.2) is 23.1 Å². The zero-order chi connectivity index (χ0) is 24.4. The van der Waals surface area contributed by atoms with Crippen LogP contribution in [0.25, 0.3) is 0 Å². The molecule has 1 atom stereocenters. The van der Waals surface area contributed by atoms with Gasteiger partial charge in [0.15, 0.2) is 0 Å². The molecule has 0 heterocycles. The smallest absolute Gasteiger partial charge is 0.306 e. The van der Waals surface area contributed by atoms with Gasteiger partial charge in [0.05, 0.1) is 0 Å². The number of aliphatic carboxylic acids is 1. The minimum atomic E-state index is -0.786. The lowest BCUT2D eigenvalue weighted by Crippen LogP contribution is -2.18. The zero-order valence-corrected chi connectivity index (χ0v) is 21.4. The molecule has 0 amide bonds. The third-order valence-corrected chi connectivity index (χ3v) is 5.63. The van der Waals surface area contributed by atoms with Gasteiger partial charge in [0.2, 0.25) is 0 Å². The summed E-state index contributed by atoms with van der Waals surface area (Å²) in [6.45, 7) is 4.27. The third kappa shape index (κ3) is 24.6. The van der Waals surface area contributed by atoms with Crippen molar-refractivity contribution >= 4 is 11.9 Å². The Morgan fingerprint density at radius 1 is 0.697 bits per heavy atom. The van der Waals surface area contributed by atoms with Crippen LogP contribution in [0.2, 0.25) is 0 Å². The lowest BCUT2D eigenvalue weighted by atomic mass is 10.1. The number of esters is 1. The Kier molecular flexibility index (Phi) is 23.4. The summed E-state index contributed by atoms with van der Waals surface area (Å²) in [5.41, 5.74) is 0. The number of carboxylic acid groups (broad SMARTS) is 1. The second-order valence-electron chi connectivity index (χ2n) is 8.85. The summed E-state index contributed by atoms with van der Waals surface area (Å²) in [4.78, 5) is 22.8. The van der Waals surface area contributed by atoms with Crippen molar-refractivity contribution in [3.63, 3.8) is 0 Å². The van der Waals surface area contributed by atoms with Crippen LogP contribution in [0.5, 0.6) is 0 Å². The molecule has 0 spiro atoms. The zero-order valence-electron chi connectivity index (χ0n) is 21.4. The van der Waals surface area contributed by atoms with E-state index in [0.717, 1.165) is 51.4 Å². The van der Waals surface area contributed by atoms with E-state index in [1.54, 1.807) is 0 Å². The highest BCUT2D eigenvalue weighted by atomic mass is 16.5. The maximum atomic E-state index is 12.1. The van der Waals surface area contributed by atoms with Crippen LogP contribution < -0.4 is 0 Å².